The first-order valence-corrected chi connectivity index (χ1v) is 5.30. The van der Waals surface area contributed by atoms with E-state index in [-0.39, 0.29) is 17.8 Å². The SMILES string of the molecule is COC(=O)Cc1cc(C(C)(C)C)ccc1N. The van der Waals surface area contributed by atoms with E-state index in [1.54, 1.807) is 0 Å². The lowest BCUT2D eigenvalue weighted by Crippen LogP contribution is -2.13. The van der Waals surface area contributed by atoms with Gasteiger partial charge in [-0.15, -0.1) is 0 Å². The lowest BCUT2D eigenvalue weighted by Gasteiger charge is -2.20. The van der Waals surface area contributed by atoms with Gasteiger partial charge in [0.15, 0.2) is 0 Å². The van der Waals surface area contributed by atoms with Gasteiger partial charge in [-0.25, -0.2) is 0 Å². The molecular weight excluding hydrogens is 202 g/mol. The topological polar surface area (TPSA) is 52.3 Å². The van der Waals surface area contributed by atoms with Gasteiger partial charge in [-0.1, -0.05) is 32.9 Å². The maximum Gasteiger partial charge on any atom is 0.310 e. The van der Waals surface area contributed by atoms with Crippen molar-refractivity contribution in [1.29, 1.82) is 0 Å². The van der Waals surface area contributed by atoms with Crippen molar-refractivity contribution in [2.45, 2.75) is 32.6 Å². The molecule has 3 nitrogen and oxygen atoms in total. The molecule has 1 aromatic rings. The molecule has 0 aliphatic heterocycles. The summed E-state index contributed by atoms with van der Waals surface area (Å²) in [6, 6.07) is 5.82. The van der Waals surface area contributed by atoms with Crippen LogP contribution in [0.1, 0.15) is 31.9 Å². The third-order valence-electron chi connectivity index (χ3n) is 2.57. The Morgan fingerprint density at radius 2 is 2.00 bits per heavy atom. The smallest absolute Gasteiger partial charge is 0.310 e. The van der Waals surface area contributed by atoms with Gasteiger partial charge in [0.1, 0.15) is 0 Å². The Morgan fingerprint density at radius 1 is 1.38 bits per heavy atom. The molecule has 0 spiro atoms. The number of esters is 1. The molecule has 0 atom stereocenters. The van der Waals surface area contributed by atoms with Crippen molar-refractivity contribution in [3.05, 3.63) is 29.3 Å². The Bertz CT molecular complexity index is 391. The van der Waals surface area contributed by atoms with E-state index in [0.29, 0.717) is 5.69 Å². The van der Waals surface area contributed by atoms with Crippen molar-refractivity contribution in [2.24, 2.45) is 0 Å². The van der Waals surface area contributed by atoms with Gasteiger partial charge in [0, 0.05) is 5.69 Å². The van der Waals surface area contributed by atoms with Crippen molar-refractivity contribution in [1.82, 2.24) is 0 Å². The highest BCUT2D eigenvalue weighted by Gasteiger charge is 2.16. The first-order chi connectivity index (χ1) is 7.34. The Kier molecular flexibility index (Phi) is 3.58. The molecule has 0 aromatic heterocycles. The third kappa shape index (κ3) is 2.99. The molecule has 0 bridgehead atoms. The molecule has 3 heteroatoms. The van der Waals surface area contributed by atoms with Crippen LogP contribution in [0.4, 0.5) is 5.69 Å². The van der Waals surface area contributed by atoms with Gasteiger partial charge in [0.2, 0.25) is 0 Å². The first kappa shape index (κ1) is 12.6. The van der Waals surface area contributed by atoms with E-state index in [0.717, 1.165) is 5.56 Å². The lowest BCUT2D eigenvalue weighted by atomic mass is 9.85. The molecule has 16 heavy (non-hydrogen) atoms. The number of carbonyl (C=O) groups excluding carboxylic acids is 1. The molecule has 0 heterocycles. The van der Waals surface area contributed by atoms with Gasteiger partial charge in [-0.3, -0.25) is 4.79 Å². The van der Waals surface area contributed by atoms with Crippen LogP contribution in [0.25, 0.3) is 0 Å². The molecule has 0 saturated carbocycles. The zero-order valence-corrected chi connectivity index (χ0v) is 10.3. The number of rotatable bonds is 2. The van der Waals surface area contributed by atoms with Crippen LogP contribution in [0.3, 0.4) is 0 Å². The van der Waals surface area contributed by atoms with E-state index in [4.69, 9.17) is 5.73 Å². The molecule has 1 aromatic carbocycles. The summed E-state index contributed by atoms with van der Waals surface area (Å²) >= 11 is 0. The summed E-state index contributed by atoms with van der Waals surface area (Å²) in [5.74, 6) is -0.266. The van der Waals surface area contributed by atoms with Crippen LogP contribution in [-0.4, -0.2) is 13.1 Å². The number of hydrogen-bond acceptors (Lipinski definition) is 3. The average molecular weight is 221 g/mol. The summed E-state index contributed by atoms with van der Waals surface area (Å²) in [6.45, 7) is 6.38. The second kappa shape index (κ2) is 4.56. The fourth-order valence-corrected chi connectivity index (χ4v) is 1.45. The minimum absolute atomic E-state index is 0.0541. The number of carbonyl (C=O) groups is 1. The van der Waals surface area contributed by atoms with E-state index in [1.807, 2.05) is 18.2 Å². The highest BCUT2D eigenvalue weighted by atomic mass is 16.5. The highest BCUT2D eigenvalue weighted by Crippen LogP contribution is 2.25. The van der Waals surface area contributed by atoms with Crippen molar-refractivity contribution < 1.29 is 9.53 Å². The zero-order valence-electron chi connectivity index (χ0n) is 10.3. The Hall–Kier alpha value is -1.51. The number of ether oxygens (including phenoxy) is 1. The normalized spacial score (nSPS) is 11.2. The number of anilines is 1. The van der Waals surface area contributed by atoms with E-state index >= 15 is 0 Å². The number of benzene rings is 1. The number of nitrogen functional groups attached to an aromatic ring is 1. The van der Waals surface area contributed by atoms with Gasteiger partial charge in [-0.05, 0) is 22.6 Å². The van der Waals surface area contributed by atoms with Crippen LogP contribution >= 0.6 is 0 Å². The lowest BCUT2D eigenvalue weighted by molar-refractivity contribution is -0.139. The predicted octanol–water partition coefficient (Wildman–Crippen LogP) is 2.28. The average Bonchev–Trinajstić information content (AvgIpc) is 2.19. The predicted molar refractivity (Wildman–Crippen MR) is 65.3 cm³/mol. The Balaban J connectivity index is 3.04. The number of nitrogens with two attached hydrogens (primary N) is 1. The van der Waals surface area contributed by atoms with E-state index in [2.05, 4.69) is 25.5 Å². The van der Waals surface area contributed by atoms with Gasteiger partial charge >= 0.3 is 5.97 Å². The fraction of sp³-hybridized carbons (Fsp3) is 0.462. The molecule has 2 N–H and O–H groups in total. The molecule has 1 rings (SSSR count). The van der Waals surface area contributed by atoms with Crippen LogP contribution in [0.2, 0.25) is 0 Å². The Morgan fingerprint density at radius 3 is 2.50 bits per heavy atom. The van der Waals surface area contributed by atoms with Crippen LogP contribution in [0.5, 0.6) is 0 Å². The van der Waals surface area contributed by atoms with Gasteiger partial charge in [0.05, 0.1) is 13.5 Å². The van der Waals surface area contributed by atoms with Gasteiger partial charge < -0.3 is 10.5 Å². The van der Waals surface area contributed by atoms with E-state index in [1.165, 1.54) is 12.7 Å². The molecule has 0 aliphatic rings. The highest BCUT2D eigenvalue weighted by molar-refractivity contribution is 5.74. The first-order valence-electron chi connectivity index (χ1n) is 5.30. The fourth-order valence-electron chi connectivity index (χ4n) is 1.45. The van der Waals surface area contributed by atoms with Crippen molar-refractivity contribution >= 4 is 11.7 Å². The zero-order chi connectivity index (χ0) is 12.3. The van der Waals surface area contributed by atoms with Gasteiger partial charge in [0.25, 0.3) is 0 Å². The summed E-state index contributed by atoms with van der Waals surface area (Å²) in [5.41, 5.74) is 8.52. The van der Waals surface area contributed by atoms with Crippen molar-refractivity contribution in [3.8, 4) is 0 Å². The number of methoxy groups -OCH3 is 1. The monoisotopic (exact) mass is 221 g/mol. The summed E-state index contributed by atoms with van der Waals surface area (Å²) < 4.78 is 4.64. The Labute approximate surface area is 96.6 Å². The molecule has 0 amide bonds. The van der Waals surface area contributed by atoms with E-state index < -0.39 is 0 Å². The minimum atomic E-state index is -0.266. The van der Waals surface area contributed by atoms with Crippen LogP contribution in [0.15, 0.2) is 18.2 Å². The van der Waals surface area contributed by atoms with Crippen LogP contribution in [-0.2, 0) is 21.4 Å². The summed E-state index contributed by atoms with van der Waals surface area (Å²) in [4.78, 5) is 11.2. The van der Waals surface area contributed by atoms with Crippen molar-refractivity contribution in [2.75, 3.05) is 12.8 Å². The maximum atomic E-state index is 11.2. The minimum Gasteiger partial charge on any atom is -0.469 e. The molecule has 0 saturated heterocycles. The molecule has 0 unspecified atom stereocenters. The maximum absolute atomic E-state index is 11.2. The molecule has 0 fully saturated rings. The quantitative estimate of drug-likeness (QED) is 0.615. The van der Waals surface area contributed by atoms with Crippen LogP contribution < -0.4 is 5.73 Å². The molecular formula is C13H19NO2. The third-order valence-corrected chi connectivity index (χ3v) is 2.57. The second-order valence-corrected chi connectivity index (χ2v) is 4.92. The summed E-state index contributed by atoms with van der Waals surface area (Å²) in [7, 11) is 1.38. The van der Waals surface area contributed by atoms with Crippen molar-refractivity contribution in [3.63, 3.8) is 0 Å². The van der Waals surface area contributed by atoms with E-state index in [9.17, 15) is 4.79 Å². The number of hydrogen-bond donors (Lipinski definition) is 1. The summed E-state index contributed by atoms with van der Waals surface area (Å²) in [5, 5.41) is 0. The molecule has 0 aliphatic carbocycles. The molecule has 0 radical (unpaired) electrons. The molecule has 88 valence electrons. The van der Waals surface area contributed by atoms with Gasteiger partial charge in [-0.2, -0.15) is 0 Å². The van der Waals surface area contributed by atoms with Crippen LogP contribution in [0, 0.1) is 0 Å². The largest absolute Gasteiger partial charge is 0.469 e. The standard InChI is InChI=1S/C13H19NO2/c1-13(2,3)10-5-6-11(14)9(7-10)8-12(15)16-4/h5-7H,8,14H2,1-4H3. The second-order valence-electron chi connectivity index (χ2n) is 4.92. The summed E-state index contributed by atoms with van der Waals surface area (Å²) in [6.07, 6.45) is 0.228.